The summed E-state index contributed by atoms with van der Waals surface area (Å²) in [5, 5.41) is 18.5. The molecule has 4 aromatic carbocycles. The zero-order valence-corrected chi connectivity index (χ0v) is 39.5. The van der Waals surface area contributed by atoms with Crippen molar-refractivity contribution in [2.24, 2.45) is 0 Å². The number of carbonyl (C=O) groups is 8. The van der Waals surface area contributed by atoms with E-state index in [0.29, 0.717) is 15.8 Å². The first-order valence-corrected chi connectivity index (χ1v) is 24.1. The second-order valence-corrected chi connectivity index (χ2v) is 20.2. The van der Waals surface area contributed by atoms with Crippen molar-refractivity contribution >= 4 is 68.8 Å². The zero-order chi connectivity index (χ0) is 49.8. The number of piperidine rings is 1. The van der Waals surface area contributed by atoms with Crippen molar-refractivity contribution in [2.75, 3.05) is 23.3 Å². The smallest absolute Gasteiger partial charge is 0.424 e. The minimum absolute atomic E-state index is 0.00596. The summed E-state index contributed by atoms with van der Waals surface area (Å²) in [6, 6.07) is 20.4. The molecule has 1 atom stereocenters. The maximum Gasteiger partial charge on any atom is 0.424 e. The molecule has 19 heteroatoms. The van der Waals surface area contributed by atoms with Gasteiger partial charge >= 0.3 is 6.09 Å². The number of rotatable bonds is 14. The molecule has 362 valence electrons. The number of carbonyl (C=O) groups excluding carboxylic acids is 8. The van der Waals surface area contributed by atoms with Gasteiger partial charge in [-0.2, -0.15) is 4.31 Å². The predicted molar refractivity (Wildman–Crippen MR) is 252 cm³/mol. The minimum atomic E-state index is -4.64. The number of ether oxygens (including phenoxy) is 1. The Hall–Kier alpha value is -7.41. The lowest BCUT2D eigenvalue weighted by atomic mass is 9.84. The lowest BCUT2D eigenvalue weighted by molar-refractivity contribution is -0.136. The number of anilines is 2. The zero-order valence-electron chi connectivity index (χ0n) is 38.7. The van der Waals surface area contributed by atoms with E-state index in [1.807, 2.05) is 24.3 Å². The Kier molecular flexibility index (Phi) is 14.7. The van der Waals surface area contributed by atoms with Crippen molar-refractivity contribution < 1.29 is 56.6 Å². The Morgan fingerprint density at radius 2 is 1.57 bits per heavy atom. The van der Waals surface area contributed by atoms with Crippen molar-refractivity contribution in [3.63, 3.8) is 0 Å². The van der Waals surface area contributed by atoms with Crippen LogP contribution in [0.25, 0.3) is 0 Å². The Morgan fingerprint density at radius 3 is 2.22 bits per heavy atom. The topological polar surface area (TPSA) is 246 Å². The van der Waals surface area contributed by atoms with Crippen LogP contribution < -0.4 is 20.9 Å². The average molecular weight is 963 g/mol. The molecule has 1 aliphatic carbocycles. The number of aromatic hydroxyl groups is 1. The normalized spacial score (nSPS) is 16.3. The number of hydrogen-bond acceptors (Lipinski definition) is 12. The second-order valence-electron chi connectivity index (χ2n) is 18.3. The van der Waals surface area contributed by atoms with Crippen molar-refractivity contribution in [3.8, 4) is 5.75 Å². The van der Waals surface area contributed by atoms with Gasteiger partial charge in [0.2, 0.25) is 23.6 Å². The largest absolute Gasteiger partial charge is 0.507 e. The molecule has 69 heavy (non-hydrogen) atoms. The van der Waals surface area contributed by atoms with Gasteiger partial charge in [0.25, 0.3) is 27.7 Å². The summed E-state index contributed by atoms with van der Waals surface area (Å²) in [7, 11) is -4.64. The fourth-order valence-electron chi connectivity index (χ4n) is 8.54. The molecule has 2 heterocycles. The number of nitrogens with zero attached hydrogens (tertiary/aromatic N) is 3. The minimum Gasteiger partial charge on any atom is -0.507 e. The monoisotopic (exact) mass is 962 g/mol. The van der Waals surface area contributed by atoms with Crippen LogP contribution in [0.3, 0.4) is 0 Å². The first-order valence-electron chi connectivity index (χ1n) is 22.7. The third-order valence-electron chi connectivity index (χ3n) is 12.1. The fraction of sp³-hybridized carbons (Fsp3) is 0.360. The molecule has 4 N–H and O–H groups in total. The first-order chi connectivity index (χ1) is 32.7. The van der Waals surface area contributed by atoms with Crippen LogP contribution in [-0.2, 0) is 40.5 Å². The molecule has 1 saturated carbocycles. The standard InChI is InChI=1S/C50H54N6O12S/c1-30-13-20-35(21-14-30)69(66,67)55(49(65)68-50(2,3)4)29-43(60)54(28-31-15-17-33(18-16-31)32-9-6-5-7-10-32)34-19-22-36(40(57)27-34)45(61)51-26-25-42(59)52-38-12-8-11-37-44(38)48(64)56(47(37)63)39-23-24-41(58)53-46(39)62/h8,11-22,27,32,39,57H,5-7,9-10,23-26,28-29H2,1-4H3,(H,51,61)(H,52,59)(H,53,58,62). The third-order valence-corrected chi connectivity index (χ3v) is 13.8. The third kappa shape index (κ3) is 11.3. The lowest BCUT2D eigenvalue weighted by Crippen LogP contribution is -2.54. The summed E-state index contributed by atoms with van der Waals surface area (Å²) < 4.78 is 34.0. The summed E-state index contributed by atoms with van der Waals surface area (Å²) >= 11 is 0. The average Bonchev–Trinajstić information content (AvgIpc) is 3.55. The molecule has 0 bridgehead atoms. The maximum atomic E-state index is 14.5. The van der Waals surface area contributed by atoms with Crippen LogP contribution in [0.2, 0.25) is 0 Å². The number of nitrogens with one attached hydrogen (secondary N) is 3. The molecule has 18 nitrogen and oxygen atoms in total. The SMILES string of the molecule is Cc1ccc(S(=O)(=O)N(CC(=O)N(Cc2ccc(C3CCCCC3)cc2)c2ccc(C(=O)NCCC(=O)Nc3cccc4c3C(=O)N(C3CCC(=O)NC3=O)C4=O)c(O)c2)C(=O)OC(C)(C)C)cc1. The number of amides is 8. The molecule has 7 rings (SSSR count). The summed E-state index contributed by atoms with van der Waals surface area (Å²) in [5.41, 5.74) is 1.17. The van der Waals surface area contributed by atoms with E-state index in [9.17, 15) is 51.9 Å². The van der Waals surface area contributed by atoms with Crippen LogP contribution in [0.5, 0.6) is 5.75 Å². The summed E-state index contributed by atoms with van der Waals surface area (Å²) in [4.78, 5) is 107. The fourth-order valence-corrected chi connectivity index (χ4v) is 9.79. The summed E-state index contributed by atoms with van der Waals surface area (Å²) in [5.74, 6) is -5.29. The van der Waals surface area contributed by atoms with Gasteiger partial charge in [-0.05, 0) is 100 Å². The van der Waals surface area contributed by atoms with Crippen LogP contribution in [0.4, 0.5) is 16.2 Å². The van der Waals surface area contributed by atoms with Crippen LogP contribution in [0, 0.1) is 6.92 Å². The van der Waals surface area contributed by atoms with Gasteiger partial charge in [0.05, 0.1) is 33.8 Å². The van der Waals surface area contributed by atoms with Gasteiger partial charge < -0.3 is 25.4 Å². The molecule has 2 aliphatic heterocycles. The quantitative estimate of drug-likeness (QED) is 0.105. The predicted octanol–water partition coefficient (Wildman–Crippen LogP) is 6.07. The lowest BCUT2D eigenvalue weighted by Gasteiger charge is -2.29. The van der Waals surface area contributed by atoms with E-state index >= 15 is 0 Å². The highest BCUT2D eigenvalue weighted by Crippen LogP contribution is 2.35. The number of fused-ring (bicyclic) bond motifs is 1. The Bertz CT molecular complexity index is 2820. The van der Waals surface area contributed by atoms with E-state index in [1.54, 1.807) is 39.8 Å². The second kappa shape index (κ2) is 20.4. The maximum absolute atomic E-state index is 14.5. The van der Waals surface area contributed by atoms with E-state index in [0.717, 1.165) is 47.8 Å². The highest BCUT2D eigenvalue weighted by Gasteiger charge is 2.46. The Morgan fingerprint density at radius 1 is 0.870 bits per heavy atom. The summed E-state index contributed by atoms with van der Waals surface area (Å²) in [6.07, 6.45) is 3.92. The van der Waals surface area contributed by atoms with Crippen molar-refractivity contribution in [1.29, 1.82) is 0 Å². The molecular formula is C50H54N6O12S. The number of sulfonamides is 1. The van der Waals surface area contributed by atoms with Gasteiger partial charge in [-0.3, -0.25) is 43.8 Å². The van der Waals surface area contributed by atoms with Gasteiger partial charge in [0, 0.05) is 31.1 Å². The number of phenolic OH excluding ortho intramolecular Hbond substituents is 1. The molecule has 0 spiro atoms. The van der Waals surface area contributed by atoms with Crippen molar-refractivity contribution in [2.45, 2.75) is 108 Å². The van der Waals surface area contributed by atoms with Crippen LogP contribution in [-0.4, -0.2) is 94.9 Å². The molecule has 1 unspecified atom stereocenters. The van der Waals surface area contributed by atoms with E-state index < -0.39 is 81.4 Å². The number of phenols is 1. The van der Waals surface area contributed by atoms with Gasteiger partial charge in [0.1, 0.15) is 23.9 Å². The number of hydrogen-bond donors (Lipinski definition) is 4. The van der Waals surface area contributed by atoms with Crippen LogP contribution in [0.1, 0.15) is 126 Å². The number of imide groups is 2. The molecule has 0 aromatic heterocycles. The van der Waals surface area contributed by atoms with E-state index in [2.05, 4.69) is 16.0 Å². The Balaban J connectivity index is 1.07. The van der Waals surface area contributed by atoms with Gasteiger partial charge in [-0.25, -0.2) is 13.2 Å². The molecule has 2 fully saturated rings. The van der Waals surface area contributed by atoms with E-state index in [1.165, 1.54) is 53.8 Å². The number of benzene rings is 4. The molecule has 0 radical (unpaired) electrons. The van der Waals surface area contributed by atoms with Gasteiger partial charge in [-0.1, -0.05) is 67.3 Å². The molecule has 4 aromatic rings. The molecule has 8 amide bonds. The van der Waals surface area contributed by atoms with Crippen molar-refractivity contribution in [1.82, 2.24) is 19.8 Å². The molecular weight excluding hydrogens is 909 g/mol. The number of aryl methyl sites for hydroxylation is 1. The van der Waals surface area contributed by atoms with Crippen molar-refractivity contribution in [3.05, 3.63) is 118 Å². The first kappa shape index (κ1) is 49.5. The van der Waals surface area contributed by atoms with E-state index in [4.69, 9.17) is 4.74 Å². The summed E-state index contributed by atoms with van der Waals surface area (Å²) in [6.45, 7) is 5.11. The van der Waals surface area contributed by atoms with Crippen LogP contribution >= 0.6 is 0 Å². The molecule has 1 saturated heterocycles. The van der Waals surface area contributed by atoms with E-state index in [-0.39, 0.29) is 65.3 Å². The van der Waals surface area contributed by atoms with Gasteiger partial charge in [0.15, 0.2) is 0 Å². The van der Waals surface area contributed by atoms with Gasteiger partial charge in [-0.15, -0.1) is 0 Å². The van der Waals surface area contributed by atoms with Crippen LogP contribution in [0.15, 0.2) is 89.8 Å². The Labute approximate surface area is 399 Å². The highest BCUT2D eigenvalue weighted by atomic mass is 32.2. The highest BCUT2D eigenvalue weighted by molar-refractivity contribution is 7.89. The molecule has 3 aliphatic rings.